The average molecular weight is 633 g/mol. The predicted molar refractivity (Wildman–Crippen MR) is 162 cm³/mol. The van der Waals surface area contributed by atoms with Crippen molar-refractivity contribution < 1.29 is 37.6 Å². The SMILES string of the molecule is O=S(=O)(OB(OS(=O)(=O)c1ccc2ccccc2c1)OS(=O)(=O)c1ccc2ccccc2c1)c1ccc2ccccc2c1. The molecule has 6 aromatic carbocycles. The molecule has 0 amide bonds. The molecule has 6 rings (SSSR count). The predicted octanol–water partition coefficient (Wildman–Crippen LogP) is 5.65. The highest BCUT2D eigenvalue weighted by atomic mass is 32.2. The van der Waals surface area contributed by atoms with Crippen molar-refractivity contribution >= 4 is 70.0 Å². The third kappa shape index (κ3) is 6.18. The van der Waals surface area contributed by atoms with Crippen LogP contribution in [-0.4, -0.2) is 32.6 Å². The van der Waals surface area contributed by atoms with E-state index in [0.717, 1.165) is 16.2 Å². The fourth-order valence-electron chi connectivity index (χ4n) is 4.49. The highest BCUT2D eigenvalue weighted by Crippen LogP contribution is 2.27. The van der Waals surface area contributed by atoms with Crippen LogP contribution in [0.15, 0.2) is 142 Å². The first-order valence-electron chi connectivity index (χ1n) is 12.8. The number of fused-ring (bicyclic) bond motifs is 3. The van der Waals surface area contributed by atoms with E-state index in [2.05, 4.69) is 0 Å². The third-order valence-corrected chi connectivity index (χ3v) is 10.4. The van der Waals surface area contributed by atoms with Crippen LogP contribution in [-0.2, 0) is 42.7 Å². The van der Waals surface area contributed by atoms with E-state index in [0.29, 0.717) is 16.2 Å². The third-order valence-electron chi connectivity index (χ3n) is 6.64. The molecule has 0 saturated carbocycles. The van der Waals surface area contributed by atoms with E-state index < -0.39 is 37.7 Å². The molecule has 0 spiro atoms. The van der Waals surface area contributed by atoms with Gasteiger partial charge in [-0.05, 0) is 68.7 Å². The topological polar surface area (TPSA) is 130 Å². The summed E-state index contributed by atoms with van der Waals surface area (Å²) >= 11 is 0. The zero-order valence-electron chi connectivity index (χ0n) is 22.1. The zero-order chi connectivity index (χ0) is 30.2. The number of benzene rings is 6. The molecule has 0 atom stereocenters. The van der Waals surface area contributed by atoms with Gasteiger partial charge in [-0.1, -0.05) is 91.0 Å². The molecule has 9 nitrogen and oxygen atoms in total. The highest BCUT2D eigenvalue weighted by molar-refractivity contribution is 7.90. The molecule has 0 heterocycles. The molecule has 0 aliphatic carbocycles. The van der Waals surface area contributed by atoms with Gasteiger partial charge in [-0.2, -0.15) is 25.3 Å². The van der Waals surface area contributed by atoms with Gasteiger partial charge in [0.05, 0.1) is 14.7 Å². The minimum absolute atomic E-state index is 0.366. The summed E-state index contributed by atoms with van der Waals surface area (Å²) in [6, 6.07) is 33.0. The van der Waals surface area contributed by atoms with Crippen molar-refractivity contribution in [2.45, 2.75) is 14.7 Å². The van der Waals surface area contributed by atoms with Gasteiger partial charge >= 0.3 is 7.32 Å². The summed E-state index contributed by atoms with van der Waals surface area (Å²) < 4.78 is 94.9. The van der Waals surface area contributed by atoms with Crippen LogP contribution >= 0.6 is 0 Å². The van der Waals surface area contributed by atoms with Gasteiger partial charge in [0.1, 0.15) is 0 Å². The standard InChI is InChI=1S/C30H21BO9S3/c32-41(33,28-16-13-22-7-1-4-10-25(22)19-28)38-31(39-42(34,35)29-17-14-23-8-2-5-11-26(23)20-29)40-43(36,37)30-18-15-24-9-3-6-12-27(24)21-30/h1-21H. The summed E-state index contributed by atoms with van der Waals surface area (Å²) in [5.74, 6) is 0. The first-order chi connectivity index (χ1) is 20.5. The van der Waals surface area contributed by atoms with Crippen LogP contribution in [0.1, 0.15) is 0 Å². The number of hydrogen-bond acceptors (Lipinski definition) is 9. The molecule has 0 N–H and O–H groups in total. The summed E-state index contributed by atoms with van der Waals surface area (Å²) in [5.41, 5.74) is 0. The van der Waals surface area contributed by atoms with E-state index in [-0.39, 0.29) is 14.7 Å². The lowest BCUT2D eigenvalue weighted by atomic mass is 10.1. The minimum atomic E-state index is -4.81. The van der Waals surface area contributed by atoms with Crippen molar-refractivity contribution in [1.29, 1.82) is 0 Å². The normalized spacial score (nSPS) is 12.6. The maximum absolute atomic E-state index is 13.3. The Morgan fingerprint density at radius 2 is 0.605 bits per heavy atom. The molecule has 43 heavy (non-hydrogen) atoms. The lowest BCUT2D eigenvalue weighted by Crippen LogP contribution is -2.35. The van der Waals surface area contributed by atoms with Crippen molar-refractivity contribution in [1.82, 2.24) is 0 Å². The van der Waals surface area contributed by atoms with Gasteiger partial charge in [0.25, 0.3) is 30.4 Å². The maximum atomic E-state index is 13.3. The molecule has 0 fully saturated rings. The first kappa shape index (κ1) is 29.0. The van der Waals surface area contributed by atoms with Crippen molar-refractivity contribution in [3.63, 3.8) is 0 Å². The van der Waals surface area contributed by atoms with Crippen LogP contribution in [0.25, 0.3) is 32.3 Å². The van der Waals surface area contributed by atoms with Crippen molar-refractivity contribution in [2.24, 2.45) is 0 Å². The van der Waals surface area contributed by atoms with Gasteiger partial charge in [-0.15, -0.1) is 0 Å². The Balaban J connectivity index is 1.37. The molecular formula is C30H21BO9S3. The van der Waals surface area contributed by atoms with E-state index in [9.17, 15) is 25.3 Å². The van der Waals surface area contributed by atoms with Crippen molar-refractivity contribution in [3.8, 4) is 0 Å². The van der Waals surface area contributed by atoms with Gasteiger partial charge in [-0.3, -0.25) is 12.3 Å². The van der Waals surface area contributed by atoms with Crippen LogP contribution in [0.4, 0.5) is 0 Å². The molecule has 0 aliphatic heterocycles. The minimum Gasteiger partial charge on any atom is -0.266 e. The zero-order valence-corrected chi connectivity index (χ0v) is 24.6. The fraction of sp³-hybridized carbons (Fsp3) is 0. The molecule has 0 radical (unpaired) electrons. The Hall–Kier alpha value is -4.11. The second kappa shape index (κ2) is 11.2. The van der Waals surface area contributed by atoms with E-state index in [1.807, 2.05) is 0 Å². The van der Waals surface area contributed by atoms with E-state index >= 15 is 0 Å². The Morgan fingerprint density at radius 3 is 0.884 bits per heavy atom. The second-order valence-corrected chi connectivity index (χ2v) is 14.2. The quantitative estimate of drug-likeness (QED) is 0.186. The molecular weight excluding hydrogens is 611 g/mol. The van der Waals surface area contributed by atoms with Crippen molar-refractivity contribution in [2.75, 3.05) is 0 Å². The molecule has 0 unspecified atom stereocenters. The van der Waals surface area contributed by atoms with Crippen LogP contribution in [0, 0.1) is 0 Å². The lowest BCUT2D eigenvalue weighted by molar-refractivity contribution is 0.311. The van der Waals surface area contributed by atoms with Crippen molar-refractivity contribution in [3.05, 3.63) is 127 Å². The molecule has 0 aliphatic rings. The van der Waals surface area contributed by atoms with E-state index in [1.165, 1.54) is 54.6 Å². The Labute approximate surface area is 248 Å². The molecule has 216 valence electrons. The summed E-state index contributed by atoms with van der Waals surface area (Å²) in [7, 11) is -17.2. The number of rotatable bonds is 9. The smallest absolute Gasteiger partial charge is 0.266 e. The molecule has 0 bridgehead atoms. The first-order valence-corrected chi connectivity index (χ1v) is 17.0. The van der Waals surface area contributed by atoms with Gasteiger partial charge in [0.2, 0.25) is 0 Å². The van der Waals surface area contributed by atoms with Crippen LogP contribution in [0.5, 0.6) is 0 Å². The lowest BCUT2D eigenvalue weighted by Gasteiger charge is -2.15. The monoisotopic (exact) mass is 632 g/mol. The fourth-order valence-corrected chi connectivity index (χ4v) is 7.35. The number of hydrogen-bond donors (Lipinski definition) is 0. The summed E-state index contributed by atoms with van der Waals surface area (Å²) in [5, 5.41) is 3.88. The van der Waals surface area contributed by atoms with E-state index in [1.54, 1.807) is 72.8 Å². The second-order valence-electron chi connectivity index (χ2n) is 9.47. The summed E-state index contributed by atoms with van der Waals surface area (Å²) in [6.07, 6.45) is 0. The van der Waals surface area contributed by atoms with Gasteiger partial charge in [0.15, 0.2) is 0 Å². The molecule has 0 aromatic heterocycles. The average Bonchev–Trinajstić information content (AvgIpc) is 2.99. The highest BCUT2D eigenvalue weighted by Gasteiger charge is 2.41. The molecule has 13 heteroatoms. The Bertz CT molecular complexity index is 2080. The molecule has 6 aromatic rings. The Kier molecular flexibility index (Phi) is 7.54. The van der Waals surface area contributed by atoms with Gasteiger partial charge in [0, 0.05) is 0 Å². The van der Waals surface area contributed by atoms with Crippen LogP contribution in [0.3, 0.4) is 0 Å². The van der Waals surface area contributed by atoms with Gasteiger partial charge in [-0.25, -0.2) is 0 Å². The Morgan fingerprint density at radius 1 is 0.349 bits per heavy atom. The largest absolute Gasteiger partial charge is 0.685 e. The van der Waals surface area contributed by atoms with Crippen LogP contribution < -0.4 is 0 Å². The van der Waals surface area contributed by atoms with Gasteiger partial charge < -0.3 is 0 Å². The maximum Gasteiger partial charge on any atom is 0.685 e. The van der Waals surface area contributed by atoms with Crippen LogP contribution in [0.2, 0.25) is 0 Å². The van der Waals surface area contributed by atoms with E-state index in [4.69, 9.17) is 12.3 Å². The summed E-state index contributed by atoms with van der Waals surface area (Å²) in [4.78, 5) is -1.10. The summed E-state index contributed by atoms with van der Waals surface area (Å²) in [6.45, 7) is 0. The molecule has 0 saturated heterocycles.